The molecule has 4 rings (SSSR count). The number of thiazole rings is 1. The van der Waals surface area contributed by atoms with Gasteiger partial charge < -0.3 is 4.57 Å². The molecule has 5 nitrogen and oxygen atoms in total. The molecule has 2 aromatic heterocycles. The van der Waals surface area contributed by atoms with Crippen LogP contribution in [-0.4, -0.2) is 32.7 Å². The predicted molar refractivity (Wildman–Crippen MR) is 135 cm³/mol. The van der Waals surface area contributed by atoms with Crippen molar-refractivity contribution in [1.29, 1.82) is 0 Å². The number of fused-ring (bicyclic) bond motifs is 1. The largest absolute Gasteiger partial charge is 0.337 e. The highest BCUT2D eigenvalue weighted by Gasteiger charge is 2.21. The van der Waals surface area contributed by atoms with E-state index in [0.717, 1.165) is 45.2 Å². The Bertz CT molecular complexity index is 1140. The van der Waals surface area contributed by atoms with Gasteiger partial charge in [0.15, 0.2) is 5.13 Å². The van der Waals surface area contributed by atoms with Crippen molar-refractivity contribution < 1.29 is 4.79 Å². The number of rotatable bonds is 9. The van der Waals surface area contributed by atoms with Crippen molar-refractivity contribution in [3.8, 4) is 0 Å². The van der Waals surface area contributed by atoms with Crippen LogP contribution in [0, 0.1) is 13.8 Å². The standard InChI is InChI=1S/C25H28N4OS2/c1-4-31-21-10-8-20(9-11-21)16-22(30)29(14-5-13-28-15-12-26-17-28)25-27-23-18(2)6-7-19(3)24(23)32-25/h6-12,15,17H,4-5,13-14,16H2,1-3H3. The molecule has 0 radical (unpaired) electrons. The first kappa shape index (κ1) is 22.6. The second kappa shape index (κ2) is 10.3. The summed E-state index contributed by atoms with van der Waals surface area (Å²) in [6.07, 6.45) is 6.75. The molecule has 0 atom stereocenters. The molecule has 32 heavy (non-hydrogen) atoms. The minimum absolute atomic E-state index is 0.0842. The molecule has 0 bridgehead atoms. The number of thioether (sulfide) groups is 1. The summed E-state index contributed by atoms with van der Waals surface area (Å²) in [6.45, 7) is 7.76. The number of nitrogens with zero attached hydrogens (tertiary/aromatic N) is 4. The number of aromatic nitrogens is 3. The molecule has 0 saturated heterocycles. The Hall–Kier alpha value is -2.64. The van der Waals surface area contributed by atoms with Crippen molar-refractivity contribution in [2.45, 2.75) is 45.1 Å². The molecule has 0 aliphatic rings. The molecule has 166 valence electrons. The minimum atomic E-state index is 0.0842. The van der Waals surface area contributed by atoms with Gasteiger partial charge in [0.25, 0.3) is 0 Å². The topological polar surface area (TPSA) is 51.0 Å². The molecule has 4 aromatic rings. The highest BCUT2D eigenvalue weighted by atomic mass is 32.2. The van der Waals surface area contributed by atoms with Gasteiger partial charge in [0.1, 0.15) is 0 Å². The second-order valence-electron chi connectivity index (χ2n) is 7.83. The minimum Gasteiger partial charge on any atom is -0.337 e. The fourth-order valence-corrected chi connectivity index (χ4v) is 5.48. The monoisotopic (exact) mass is 464 g/mol. The lowest BCUT2D eigenvalue weighted by molar-refractivity contribution is -0.118. The summed E-state index contributed by atoms with van der Waals surface area (Å²) in [6, 6.07) is 12.6. The maximum Gasteiger partial charge on any atom is 0.233 e. The van der Waals surface area contributed by atoms with Gasteiger partial charge in [-0.05, 0) is 54.8 Å². The van der Waals surface area contributed by atoms with Gasteiger partial charge in [0.2, 0.25) is 5.91 Å². The molecule has 0 aliphatic carbocycles. The summed E-state index contributed by atoms with van der Waals surface area (Å²) in [4.78, 5) is 25.5. The number of hydrogen-bond donors (Lipinski definition) is 0. The summed E-state index contributed by atoms with van der Waals surface area (Å²) in [5, 5.41) is 0.784. The molecule has 0 fully saturated rings. The summed E-state index contributed by atoms with van der Waals surface area (Å²) in [5.41, 5.74) is 4.37. The highest BCUT2D eigenvalue weighted by molar-refractivity contribution is 7.99. The zero-order valence-corrected chi connectivity index (χ0v) is 20.4. The van der Waals surface area contributed by atoms with Crippen LogP contribution in [0.15, 0.2) is 60.0 Å². The molecule has 0 saturated carbocycles. The quantitative estimate of drug-likeness (QED) is 0.290. The van der Waals surface area contributed by atoms with Gasteiger partial charge in [0.05, 0.1) is 23.0 Å². The van der Waals surface area contributed by atoms with Crippen LogP contribution in [-0.2, 0) is 17.8 Å². The fraction of sp³-hybridized carbons (Fsp3) is 0.320. The average Bonchev–Trinajstić information content (AvgIpc) is 3.46. The van der Waals surface area contributed by atoms with Crippen molar-refractivity contribution in [3.63, 3.8) is 0 Å². The van der Waals surface area contributed by atoms with E-state index >= 15 is 0 Å². The summed E-state index contributed by atoms with van der Waals surface area (Å²) in [7, 11) is 0. The maximum absolute atomic E-state index is 13.4. The normalized spacial score (nSPS) is 11.2. The Labute approximate surface area is 197 Å². The Morgan fingerprint density at radius 1 is 1.12 bits per heavy atom. The number of hydrogen-bond acceptors (Lipinski definition) is 5. The van der Waals surface area contributed by atoms with Crippen LogP contribution in [0.1, 0.15) is 30.0 Å². The zero-order chi connectivity index (χ0) is 22.5. The van der Waals surface area contributed by atoms with E-state index in [4.69, 9.17) is 4.98 Å². The summed E-state index contributed by atoms with van der Waals surface area (Å²) in [5.74, 6) is 1.13. The summed E-state index contributed by atoms with van der Waals surface area (Å²) < 4.78 is 3.20. The number of carbonyl (C=O) groups excluding carboxylic acids is 1. The van der Waals surface area contributed by atoms with Gasteiger partial charge in [-0.25, -0.2) is 9.97 Å². The van der Waals surface area contributed by atoms with Gasteiger partial charge >= 0.3 is 0 Å². The predicted octanol–water partition coefficient (Wildman–Crippen LogP) is 5.89. The average molecular weight is 465 g/mol. The lowest BCUT2D eigenvalue weighted by Crippen LogP contribution is -2.33. The van der Waals surface area contributed by atoms with E-state index in [1.54, 1.807) is 17.5 Å². The Kier molecular flexibility index (Phi) is 7.27. The number of imidazole rings is 1. The molecule has 0 unspecified atom stereocenters. The van der Waals surface area contributed by atoms with Crippen molar-refractivity contribution in [1.82, 2.24) is 14.5 Å². The number of benzene rings is 2. The summed E-state index contributed by atoms with van der Waals surface area (Å²) >= 11 is 3.42. The molecular formula is C25H28N4OS2. The van der Waals surface area contributed by atoms with Crippen molar-refractivity contribution in [2.75, 3.05) is 17.2 Å². The lowest BCUT2D eigenvalue weighted by atomic mass is 10.1. The lowest BCUT2D eigenvalue weighted by Gasteiger charge is -2.20. The van der Waals surface area contributed by atoms with Crippen molar-refractivity contribution >= 4 is 44.4 Å². The van der Waals surface area contributed by atoms with E-state index in [1.807, 2.05) is 33.8 Å². The molecule has 2 aromatic carbocycles. The number of amides is 1. The van der Waals surface area contributed by atoms with Crippen LogP contribution < -0.4 is 4.90 Å². The van der Waals surface area contributed by atoms with E-state index in [9.17, 15) is 4.79 Å². The first-order valence-electron chi connectivity index (χ1n) is 10.9. The Morgan fingerprint density at radius 2 is 1.91 bits per heavy atom. The van der Waals surface area contributed by atoms with Gasteiger partial charge in [-0.1, -0.05) is 42.5 Å². The molecule has 7 heteroatoms. The van der Waals surface area contributed by atoms with E-state index < -0.39 is 0 Å². The number of aryl methyl sites for hydroxylation is 3. The Morgan fingerprint density at radius 3 is 2.59 bits per heavy atom. The van der Waals surface area contributed by atoms with Gasteiger partial charge in [0, 0.05) is 30.4 Å². The zero-order valence-electron chi connectivity index (χ0n) is 18.7. The second-order valence-corrected chi connectivity index (χ2v) is 10.1. The molecule has 1 amide bonds. The van der Waals surface area contributed by atoms with Crippen LogP contribution in [0.5, 0.6) is 0 Å². The van der Waals surface area contributed by atoms with Gasteiger partial charge in [-0.3, -0.25) is 9.69 Å². The van der Waals surface area contributed by atoms with Crippen LogP contribution >= 0.6 is 23.1 Å². The maximum atomic E-state index is 13.4. The van der Waals surface area contributed by atoms with E-state index in [0.29, 0.717) is 13.0 Å². The van der Waals surface area contributed by atoms with Crippen molar-refractivity contribution in [2.24, 2.45) is 0 Å². The third-order valence-electron chi connectivity index (χ3n) is 5.41. The van der Waals surface area contributed by atoms with Crippen LogP contribution in [0.4, 0.5) is 5.13 Å². The molecule has 2 heterocycles. The van der Waals surface area contributed by atoms with Gasteiger partial charge in [-0.2, -0.15) is 0 Å². The van der Waals surface area contributed by atoms with E-state index in [1.165, 1.54) is 10.5 Å². The van der Waals surface area contributed by atoms with Gasteiger partial charge in [-0.15, -0.1) is 11.8 Å². The first-order valence-corrected chi connectivity index (χ1v) is 12.7. The molecule has 0 spiro atoms. The number of carbonyl (C=O) groups is 1. The van der Waals surface area contributed by atoms with Crippen molar-refractivity contribution in [3.05, 3.63) is 71.8 Å². The fourth-order valence-electron chi connectivity index (χ4n) is 3.66. The number of anilines is 1. The van der Waals surface area contributed by atoms with E-state index in [-0.39, 0.29) is 5.91 Å². The molecule has 0 N–H and O–H groups in total. The van der Waals surface area contributed by atoms with E-state index in [2.05, 4.69) is 62.2 Å². The first-order chi connectivity index (χ1) is 15.5. The highest BCUT2D eigenvalue weighted by Crippen LogP contribution is 2.33. The van der Waals surface area contributed by atoms with Crippen LogP contribution in [0.3, 0.4) is 0 Å². The van der Waals surface area contributed by atoms with Crippen LogP contribution in [0.2, 0.25) is 0 Å². The third-order valence-corrected chi connectivity index (χ3v) is 7.52. The molecular weight excluding hydrogens is 436 g/mol. The van der Waals surface area contributed by atoms with Crippen LogP contribution in [0.25, 0.3) is 10.2 Å². The third kappa shape index (κ3) is 5.22. The SMILES string of the molecule is CCSc1ccc(CC(=O)N(CCCn2ccnc2)c2nc3c(C)ccc(C)c3s2)cc1. The molecule has 0 aliphatic heterocycles. The Balaban J connectivity index is 1.57. The smallest absolute Gasteiger partial charge is 0.233 e.